The second-order valence-electron chi connectivity index (χ2n) is 8.64. The Hall–Kier alpha value is -3.44. The number of aromatic hydroxyl groups is 1. The van der Waals surface area contributed by atoms with Gasteiger partial charge in [0.25, 0.3) is 0 Å². The van der Waals surface area contributed by atoms with Gasteiger partial charge >= 0.3 is 0 Å². The van der Waals surface area contributed by atoms with Crippen LogP contribution in [-0.2, 0) is 0 Å². The molecule has 0 fully saturated rings. The van der Waals surface area contributed by atoms with E-state index in [9.17, 15) is 5.11 Å². The summed E-state index contributed by atoms with van der Waals surface area (Å²) >= 11 is 0. The van der Waals surface area contributed by atoms with Gasteiger partial charge in [-0.25, -0.2) is 0 Å². The smallest absolute Gasteiger partial charge is 0.121 e. The maximum Gasteiger partial charge on any atom is 0.121 e. The molecule has 0 aliphatic rings. The lowest BCUT2D eigenvalue weighted by Crippen LogP contribution is -2.35. The summed E-state index contributed by atoms with van der Waals surface area (Å²) < 4.78 is 0. The van der Waals surface area contributed by atoms with Crippen LogP contribution in [0.4, 0.5) is 0 Å². The minimum Gasteiger partial charge on any atom is -0.508 e. The first kappa shape index (κ1) is 31.6. The second-order valence-corrected chi connectivity index (χ2v) is 8.64. The Labute approximate surface area is 225 Å². The van der Waals surface area contributed by atoms with E-state index in [1.807, 2.05) is 60.8 Å². The van der Waals surface area contributed by atoms with Crippen molar-refractivity contribution in [2.75, 3.05) is 39.3 Å². The lowest BCUT2D eigenvalue weighted by molar-refractivity contribution is 0.251. The average molecular weight is 500 g/mol. The van der Waals surface area contributed by atoms with Crippen molar-refractivity contribution in [1.29, 1.82) is 0 Å². The topological polar surface area (TPSA) is 30.0 Å². The Morgan fingerprint density at radius 1 is 0.514 bits per heavy atom. The fourth-order valence-electron chi connectivity index (χ4n) is 4.81. The van der Waals surface area contributed by atoms with E-state index in [2.05, 4.69) is 73.9 Å². The Bertz CT molecular complexity index is 946. The maximum absolute atomic E-state index is 11.4. The molecule has 1 N–H and O–H groups in total. The summed E-state index contributed by atoms with van der Waals surface area (Å²) in [6, 6.07) is 3.01. The molecule has 3 unspecified atom stereocenters. The Balaban J connectivity index is 4.16. The van der Waals surface area contributed by atoms with Crippen molar-refractivity contribution in [2.45, 2.75) is 18.1 Å². The molecular weight excluding hydrogens is 454 g/mol. The minimum atomic E-state index is -0.305. The molecule has 1 aromatic rings. The zero-order chi connectivity index (χ0) is 27.8. The quantitative estimate of drug-likeness (QED) is 0.183. The molecule has 0 aromatic heterocycles. The molecule has 37 heavy (non-hydrogen) atoms. The van der Waals surface area contributed by atoms with Gasteiger partial charge in [0.05, 0.1) is 18.1 Å². The predicted octanol–water partition coefficient (Wildman–Crippen LogP) is 7.10. The lowest BCUT2D eigenvalue weighted by atomic mass is 9.85. The molecule has 0 aliphatic carbocycles. The van der Waals surface area contributed by atoms with Crippen LogP contribution in [0, 0.1) is 0 Å². The first-order valence-electron chi connectivity index (χ1n) is 12.5. The summed E-state index contributed by atoms with van der Waals surface area (Å²) in [5, 5.41) is 11.4. The Morgan fingerprint density at radius 3 is 1.16 bits per heavy atom. The molecule has 4 heteroatoms. The molecule has 0 aliphatic heterocycles. The van der Waals surface area contributed by atoms with Crippen LogP contribution in [0.3, 0.4) is 0 Å². The van der Waals surface area contributed by atoms with Gasteiger partial charge in [-0.05, 0) is 17.2 Å². The molecule has 0 spiro atoms. The van der Waals surface area contributed by atoms with Crippen molar-refractivity contribution in [1.82, 2.24) is 14.7 Å². The summed E-state index contributed by atoms with van der Waals surface area (Å²) in [5.41, 5.74) is 2.73. The van der Waals surface area contributed by atoms with Gasteiger partial charge in [-0.2, -0.15) is 0 Å². The molecule has 198 valence electrons. The highest BCUT2D eigenvalue weighted by molar-refractivity contribution is 5.52. The third-order valence-corrected chi connectivity index (χ3v) is 6.24. The summed E-state index contributed by atoms with van der Waals surface area (Å²) in [4.78, 5) is 6.60. The predicted molar refractivity (Wildman–Crippen MR) is 163 cm³/mol. The second kappa shape index (κ2) is 17.1. The fraction of sp³-hybridized carbons (Fsp3) is 0.273. The molecule has 0 heterocycles. The monoisotopic (exact) mass is 499 g/mol. The number of nitrogens with zero attached hydrogens (tertiary/aromatic N) is 3. The van der Waals surface area contributed by atoms with E-state index in [0.29, 0.717) is 39.3 Å². The van der Waals surface area contributed by atoms with Crippen LogP contribution in [0.2, 0.25) is 0 Å². The Kier molecular flexibility index (Phi) is 14.6. The lowest BCUT2D eigenvalue weighted by Gasteiger charge is -2.38. The van der Waals surface area contributed by atoms with Crippen molar-refractivity contribution in [2.24, 2.45) is 0 Å². The number of hydrogen-bond donors (Lipinski definition) is 1. The van der Waals surface area contributed by atoms with Gasteiger partial charge in [0.1, 0.15) is 5.75 Å². The third-order valence-electron chi connectivity index (χ3n) is 6.24. The molecule has 0 amide bonds. The molecular formula is C33H45N3O. The Morgan fingerprint density at radius 2 is 0.838 bits per heavy atom. The highest BCUT2D eigenvalue weighted by atomic mass is 16.3. The number of phenolic OH excluding ortho intramolecular Hbond substituents is 1. The maximum atomic E-state index is 11.4. The highest BCUT2D eigenvalue weighted by Crippen LogP contribution is 2.43. The van der Waals surface area contributed by atoms with Crippen molar-refractivity contribution >= 4 is 0 Å². The average Bonchev–Trinajstić information content (AvgIpc) is 2.88. The molecule has 1 aromatic carbocycles. The van der Waals surface area contributed by atoms with Gasteiger partial charge in [-0.3, -0.25) is 14.7 Å². The highest BCUT2D eigenvalue weighted by Gasteiger charge is 2.32. The van der Waals surface area contributed by atoms with Crippen LogP contribution in [0.15, 0.2) is 126 Å². The van der Waals surface area contributed by atoms with Crippen LogP contribution >= 0.6 is 0 Å². The van der Waals surface area contributed by atoms with E-state index in [1.165, 1.54) is 0 Å². The van der Waals surface area contributed by atoms with E-state index in [-0.39, 0.29) is 23.9 Å². The van der Waals surface area contributed by atoms with Gasteiger partial charge in [0.15, 0.2) is 0 Å². The van der Waals surface area contributed by atoms with Crippen LogP contribution in [0.25, 0.3) is 0 Å². The van der Waals surface area contributed by atoms with Crippen LogP contribution in [0.1, 0.15) is 34.8 Å². The van der Waals surface area contributed by atoms with E-state index in [0.717, 1.165) is 16.7 Å². The van der Waals surface area contributed by atoms with Gasteiger partial charge in [-0.1, -0.05) is 60.8 Å². The molecule has 4 nitrogen and oxygen atoms in total. The van der Waals surface area contributed by atoms with E-state index in [4.69, 9.17) is 0 Å². The largest absolute Gasteiger partial charge is 0.508 e. The van der Waals surface area contributed by atoms with Crippen LogP contribution in [0.5, 0.6) is 5.75 Å². The number of hydrogen-bond acceptors (Lipinski definition) is 4. The van der Waals surface area contributed by atoms with Crippen molar-refractivity contribution < 1.29 is 5.11 Å². The van der Waals surface area contributed by atoms with Gasteiger partial charge < -0.3 is 5.11 Å². The zero-order valence-corrected chi connectivity index (χ0v) is 22.5. The first-order chi connectivity index (χ1) is 17.9. The molecule has 0 radical (unpaired) electrons. The third kappa shape index (κ3) is 8.02. The van der Waals surface area contributed by atoms with E-state index >= 15 is 0 Å². The van der Waals surface area contributed by atoms with Crippen LogP contribution in [-0.4, -0.2) is 59.1 Å². The van der Waals surface area contributed by atoms with E-state index < -0.39 is 0 Å². The number of rotatable bonds is 21. The van der Waals surface area contributed by atoms with Gasteiger partial charge in [0.2, 0.25) is 0 Å². The van der Waals surface area contributed by atoms with Gasteiger partial charge in [0, 0.05) is 44.8 Å². The van der Waals surface area contributed by atoms with Crippen molar-refractivity contribution in [3.63, 3.8) is 0 Å². The molecule has 0 bridgehead atoms. The molecule has 0 saturated heterocycles. The molecule has 1 rings (SSSR count). The first-order valence-corrected chi connectivity index (χ1v) is 12.5. The number of phenols is 1. The number of benzene rings is 1. The summed E-state index contributed by atoms with van der Waals surface area (Å²) in [6.07, 6.45) is 16.8. The van der Waals surface area contributed by atoms with Crippen molar-refractivity contribution in [3.8, 4) is 5.75 Å². The van der Waals surface area contributed by atoms with Crippen LogP contribution < -0.4 is 0 Å². The summed E-state index contributed by atoms with van der Waals surface area (Å²) in [5.74, 6) is 0.188. The summed E-state index contributed by atoms with van der Waals surface area (Å²) in [6.45, 7) is 39.9. The zero-order valence-electron chi connectivity index (χ0n) is 22.5. The normalized spacial score (nSPS) is 13.4. The molecule has 3 atom stereocenters. The van der Waals surface area contributed by atoms with E-state index in [1.54, 1.807) is 6.07 Å². The molecule has 0 saturated carbocycles. The summed E-state index contributed by atoms with van der Waals surface area (Å²) in [7, 11) is 0. The SMILES string of the molecule is C=CCN(CC=C)C(C=C)c1ccc(O)c(C(C=C)N(CC=C)CC=C)c1C(C=C)N(CC=C)CC=C. The van der Waals surface area contributed by atoms with Gasteiger partial charge in [-0.15, -0.1) is 59.2 Å². The fourth-order valence-corrected chi connectivity index (χ4v) is 4.81. The standard InChI is InChI=1S/C33H45N3O/c1-10-21-34(22-11-2)28(16-7)27-19-20-31(37)33(30(18-9)36(25-14-5)26-15-6)32(27)29(17-8)35(23-12-3)24-13-4/h10-20,28-30,37H,1-9,21-26H2. The van der Waals surface area contributed by atoms with Crippen molar-refractivity contribution in [3.05, 3.63) is 143 Å². The minimum absolute atomic E-state index is 0.167.